The zero-order valence-electron chi connectivity index (χ0n) is 56.9. The molecule has 22 atom stereocenters. The molecule has 0 aromatic carbocycles. The van der Waals surface area contributed by atoms with Crippen molar-refractivity contribution < 1.29 is 137 Å². The summed E-state index contributed by atoms with van der Waals surface area (Å²) in [5, 5.41) is 20.9. The number of nitrogen functional groups attached to an aromatic ring is 4. The van der Waals surface area contributed by atoms with Crippen molar-refractivity contribution in [3.05, 3.63) is 112 Å². The first-order valence-electron chi connectivity index (χ1n) is 32.8. The molecule has 7 aromatic heterocycles. The normalized spacial score (nSPS) is 30.6. The van der Waals surface area contributed by atoms with Gasteiger partial charge in [-0.3, -0.25) is 102 Å². The van der Waals surface area contributed by atoms with E-state index in [1.807, 2.05) is 4.98 Å². The van der Waals surface area contributed by atoms with Gasteiger partial charge >= 0.3 is 62.2 Å². The Morgan fingerprint density at radius 2 is 0.836 bits per heavy atom. The van der Waals surface area contributed by atoms with E-state index in [1.165, 1.54) is 29.2 Å². The van der Waals surface area contributed by atoms with Crippen molar-refractivity contribution in [2.45, 2.75) is 143 Å². The Kier molecular flexibility index (Phi) is 22.9. The van der Waals surface area contributed by atoms with Crippen LogP contribution in [0.3, 0.4) is 0 Å². The van der Waals surface area contributed by atoms with Gasteiger partial charge in [0.1, 0.15) is 104 Å². The molecule has 6 fully saturated rings. The van der Waals surface area contributed by atoms with E-state index < -0.39 is 255 Å². The number of anilines is 4. The first-order valence-corrected chi connectivity index (χ1v) is 39.8. The minimum absolute atomic E-state index is 0.0389. The van der Waals surface area contributed by atoms with Crippen LogP contribution in [-0.4, -0.2) is 221 Å². The molecule has 58 heteroatoms. The summed E-state index contributed by atoms with van der Waals surface area (Å²) in [7, 11) is -27.3. The lowest BCUT2D eigenvalue weighted by molar-refractivity contribution is -0.143. The van der Waals surface area contributed by atoms with E-state index in [2.05, 4.69) is 39.9 Å². The Balaban J connectivity index is 0.654. The molecule has 0 saturated carbocycles. The lowest BCUT2D eigenvalue weighted by Crippen LogP contribution is -2.32. The number of fused-ring (bicyclic) bond motifs is 2. The summed E-state index contributed by atoms with van der Waals surface area (Å²) in [4.78, 5) is 174. The second kappa shape index (κ2) is 31.9. The number of nitrogens with one attached hydrogen (secondary N) is 3. The Hall–Kier alpha value is -7.92. The molecule has 600 valence electrons. The standard InChI is InChI=1S/C52H67N18O35P5/c53-33-1-4-66(50(77)59-33)36-7-21(72)28(96-36)14-90-106(80,81)104-25-11-40(70-20-58-43-45(70)63-49(56)65-47(43)76)99-31(25)17-92-108(84,85)102-24-10-38(68-6-3-35(73)61-52(68)79)98-30(24)16-93-110(88,89)105-26-12-41(74)100-32(26)18-94-109(86,87)103-23-9-37(67-5-2-34(54)60-51(67)78)97-29(23)15-91-107(82,83)101-22-8-39(95-27(22)13-71)69-19-57-42-44(69)62-48(55)64-46(42)75/h1-6,19-32,36-40,71-72H,7-18H2,(H,80,81)(H,82,83)(H,84,85)(H,86,87)(H,88,89)(H2,53,59,77)(H2,54,60,78)(H,61,73,79)(H3,55,62,64,75)(H3,56,63,65,76)/t21-,22-,23-,24-,25-,26-,27+,28+,29+,30+,31+,32+,36+,37+,38+,39+,40+/m0/s1/i3D. The number of nitrogens with zero attached hydrogens (tertiary/aromatic N) is 11. The van der Waals surface area contributed by atoms with Gasteiger partial charge < -0.3 is 86.0 Å². The molecule has 6 aliphatic rings. The Labute approximate surface area is 611 Å². The van der Waals surface area contributed by atoms with Gasteiger partial charge in [-0.15, -0.1) is 0 Å². The SMILES string of the molecule is [2H]c1cn([C@H]2C[C@H](OP(=O)(O)OC[C@H]3O[C@@H](n4cnc5c(=O)[nH]c(N)nc54)C[C@@H]3OP(=O)(O)OC[C@H]3O[C@@H](n4ccc(N)nc4=O)C[C@@H]3O)[C@@H](COP(=O)(O)O[C@H]3CC(=O)O[C@@H]3COP(=O)(O)O[C@H]3C[C@H](n4ccc(N)nc4=O)O[C@@H]3COP(=O)(O)O[C@H]3C[C@H](n4cnc5c(=O)[nH]c(N)nc54)O[C@@H]3CO)O2)c(=O)[nH]c1=O. The highest BCUT2D eigenvalue weighted by atomic mass is 31.2. The predicted molar refractivity (Wildman–Crippen MR) is 356 cm³/mol. The van der Waals surface area contributed by atoms with Crippen LogP contribution >= 0.6 is 39.1 Å². The van der Waals surface area contributed by atoms with Gasteiger partial charge in [0.2, 0.25) is 11.9 Å². The number of cyclic esters (lactones) is 1. The second-order valence-corrected chi connectivity index (χ2v) is 32.0. The minimum Gasteiger partial charge on any atom is -0.457 e. The summed E-state index contributed by atoms with van der Waals surface area (Å²) >= 11 is 0. The van der Waals surface area contributed by atoms with Crippen LogP contribution in [0.2, 0.25) is 0 Å². The van der Waals surface area contributed by atoms with E-state index in [9.17, 15) is 91.1 Å². The molecule has 7 aromatic rings. The fourth-order valence-electron chi connectivity index (χ4n) is 12.5. The molecule has 0 radical (unpaired) electrons. The maximum Gasteiger partial charge on any atom is 0.472 e. The summed E-state index contributed by atoms with van der Waals surface area (Å²) < 4.78 is 170. The number of esters is 1. The summed E-state index contributed by atoms with van der Waals surface area (Å²) in [5.41, 5.74) is 16.5. The van der Waals surface area contributed by atoms with Gasteiger partial charge in [0.25, 0.3) is 16.7 Å². The van der Waals surface area contributed by atoms with E-state index >= 15 is 0 Å². The number of aromatic amines is 3. The zero-order valence-corrected chi connectivity index (χ0v) is 60.3. The van der Waals surface area contributed by atoms with Crippen LogP contribution < -0.4 is 56.7 Å². The molecule has 13 heterocycles. The van der Waals surface area contributed by atoms with Gasteiger partial charge in [0.05, 0.1) is 66.2 Å². The monoisotopic (exact) mass is 1660 g/mol. The number of imidazole rings is 2. The number of carbonyl (C=O) groups excluding carboxylic acids is 1. The molecule has 18 N–H and O–H groups in total. The molecule has 0 bridgehead atoms. The van der Waals surface area contributed by atoms with Crippen molar-refractivity contribution in [3.8, 4) is 0 Å². The highest BCUT2D eigenvalue weighted by Crippen LogP contribution is 2.56. The number of phosphoric ester groups is 5. The quantitative estimate of drug-likeness (QED) is 0.0147. The average Bonchev–Trinajstić information content (AvgIpc) is 1.64. The highest BCUT2D eigenvalue weighted by Gasteiger charge is 2.51. The Morgan fingerprint density at radius 3 is 1.26 bits per heavy atom. The van der Waals surface area contributed by atoms with Gasteiger partial charge in [-0.25, -0.2) is 47.2 Å². The third kappa shape index (κ3) is 18.6. The molecule has 0 aliphatic carbocycles. The van der Waals surface area contributed by atoms with E-state index in [0.29, 0.717) is 10.8 Å². The smallest absolute Gasteiger partial charge is 0.457 e. The topological polar surface area (TPSA) is 748 Å². The number of nitrogens with two attached hydrogens (primary N) is 4. The number of phosphoric acid groups is 5. The number of hydrogen-bond acceptors (Lipinski definition) is 40. The van der Waals surface area contributed by atoms with Crippen LogP contribution in [0.4, 0.5) is 23.5 Å². The lowest BCUT2D eigenvalue weighted by atomic mass is 10.2. The third-order valence-electron chi connectivity index (χ3n) is 17.5. The molecule has 0 spiro atoms. The molecule has 13 rings (SSSR count). The maximum absolute atomic E-state index is 14.1. The van der Waals surface area contributed by atoms with E-state index in [4.69, 9.17) is 98.0 Å². The first-order chi connectivity index (χ1) is 52.3. The average molecular weight is 1660 g/mol. The third-order valence-corrected chi connectivity index (χ3v) is 22.5. The zero-order chi connectivity index (χ0) is 79.6. The summed E-state index contributed by atoms with van der Waals surface area (Å²) in [5.74, 6) is -2.10. The van der Waals surface area contributed by atoms with Crippen LogP contribution in [0, 0.1) is 0 Å². The second-order valence-electron chi connectivity index (χ2n) is 24.9. The van der Waals surface area contributed by atoms with Crippen LogP contribution in [0.1, 0.15) is 71.0 Å². The van der Waals surface area contributed by atoms with Gasteiger partial charge in [-0.1, -0.05) is 0 Å². The first kappa shape index (κ1) is 78.8. The molecular weight excluding hydrogens is 1590 g/mol. The fourth-order valence-corrected chi connectivity index (χ4v) is 17.2. The van der Waals surface area contributed by atoms with E-state index in [1.54, 1.807) is 0 Å². The van der Waals surface area contributed by atoms with Crippen LogP contribution in [0.15, 0.2) is 78.2 Å². The van der Waals surface area contributed by atoms with Gasteiger partial charge in [-0.05, 0) is 12.1 Å². The van der Waals surface area contributed by atoms with Crippen LogP contribution in [-0.2, 0) is 101 Å². The molecule has 53 nitrogen and oxygen atoms in total. The number of H-pyrrole nitrogens is 3. The number of aromatic nitrogens is 14. The maximum atomic E-state index is 14.1. The predicted octanol–water partition coefficient (Wildman–Crippen LogP) is -3.74. The summed E-state index contributed by atoms with van der Waals surface area (Å²) in [6.45, 7) is -6.09. The Bertz CT molecular complexity index is 5320. The molecule has 5 unspecified atom stereocenters. The van der Waals surface area contributed by atoms with Crippen molar-refractivity contribution in [2.75, 3.05) is 62.6 Å². The number of carbonyl (C=O) groups is 1. The van der Waals surface area contributed by atoms with Crippen molar-refractivity contribution in [2.24, 2.45) is 0 Å². The largest absolute Gasteiger partial charge is 0.472 e. The lowest BCUT2D eigenvalue weighted by Gasteiger charge is -2.25. The number of rotatable bonds is 31. The molecule has 6 saturated heterocycles. The van der Waals surface area contributed by atoms with Gasteiger partial charge in [-0.2, -0.15) is 19.9 Å². The highest BCUT2D eigenvalue weighted by molar-refractivity contribution is 7.48. The van der Waals surface area contributed by atoms with Crippen molar-refractivity contribution in [1.29, 1.82) is 0 Å². The van der Waals surface area contributed by atoms with Crippen LogP contribution in [0.5, 0.6) is 0 Å². The number of aliphatic hydroxyl groups is 2. The minimum atomic E-state index is -5.61. The van der Waals surface area contributed by atoms with Crippen molar-refractivity contribution >= 4 is 90.9 Å². The van der Waals surface area contributed by atoms with Crippen LogP contribution in [0.25, 0.3) is 22.3 Å². The molecular formula is C52H67N18O35P5. The molecule has 0 amide bonds. The van der Waals surface area contributed by atoms with E-state index in [-0.39, 0.29) is 58.7 Å². The number of ether oxygens (including phenoxy) is 6. The Morgan fingerprint density at radius 1 is 0.473 bits per heavy atom. The molecule has 110 heavy (non-hydrogen) atoms. The van der Waals surface area contributed by atoms with Gasteiger partial charge in [0, 0.05) is 56.7 Å². The summed E-state index contributed by atoms with van der Waals surface area (Å²) in [6.07, 6.45) is -24.0. The fraction of sp³-hybridized carbons (Fsp3) is 0.558. The summed E-state index contributed by atoms with van der Waals surface area (Å²) in [6, 6.07) is 1.68. The molecule has 6 aliphatic heterocycles. The van der Waals surface area contributed by atoms with Crippen molar-refractivity contribution in [1.82, 2.24) is 67.7 Å². The van der Waals surface area contributed by atoms with Gasteiger partial charge in [0.15, 0.2) is 28.4 Å². The number of aliphatic hydroxyl groups excluding tert-OH is 2. The van der Waals surface area contributed by atoms with E-state index in [0.717, 1.165) is 26.2 Å². The van der Waals surface area contributed by atoms with Crippen molar-refractivity contribution in [3.63, 3.8) is 0 Å². The number of hydrogen-bond donors (Lipinski definition) is 14.